The van der Waals surface area contributed by atoms with Crippen LogP contribution in [0.5, 0.6) is 0 Å². The maximum absolute atomic E-state index is 12.0. The highest BCUT2D eigenvalue weighted by Gasteiger charge is 2.25. The third kappa shape index (κ3) is 3.41. The standard InChI is InChI=1S/C12H19N3O3/c1-12(7-16,8-17)14-11(18)9-4-5-13-10(6-9)15(2)3/h4-6,16-17H,7-8H2,1-3H3,(H,14,18). The van der Waals surface area contributed by atoms with Crippen LogP contribution in [-0.2, 0) is 0 Å². The Morgan fingerprint density at radius 1 is 1.44 bits per heavy atom. The average molecular weight is 253 g/mol. The third-order valence-electron chi connectivity index (χ3n) is 2.58. The second-order valence-corrected chi connectivity index (χ2v) is 4.63. The summed E-state index contributed by atoms with van der Waals surface area (Å²) in [4.78, 5) is 17.9. The molecule has 0 saturated carbocycles. The number of aliphatic hydroxyl groups excluding tert-OH is 2. The first kappa shape index (κ1) is 14.4. The minimum atomic E-state index is -1.03. The summed E-state index contributed by atoms with van der Waals surface area (Å²) in [6, 6.07) is 3.22. The van der Waals surface area contributed by atoms with Crippen molar-refractivity contribution >= 4 is 11.7 Å². The molecule has 0 saturated heterocycles. The largest absolute Gasteiger partial charge is 0.394 e. The summed E-state index contributed by atoms with van der Waals surface area (Å²) in [6.45, 7) is 0.903. The molecule has 1 aromatic heterocycles. The van der Waals surface area contributed by atoms with Gasteiger partial charge in [-0.05, 0) is 19.1 Å². The highest BCUT2D eigenvalue weighted by Crippen LogP contribution is 2.11. The highest BCUT2D eigenvalue weighted by molar-refractivity contribution is 5.95. The fraction of sp³-hybridized carbons (Fsp3) is 0.500. The van der Waals surface area contributed by atoms with E-state index in [1.165, 1.54) is 0 Å². The van der Waals surface area contributed by atoms with Gasteiger partial charge in [-0.15, -0.1) is 0 Å². The Hall–Kier alpha value is -1.66. The number of nitrogens with one attached hydrogen (secondary N) is 1. The van der Waals surface area contributed by atoms with Crippen molar-refractivity contribution in [2.75, 3.05) is 32.2 Å². The molecule has 6 heteroatoms. The van der Waals surface area contributed by atoms with E-state index in [0.29, 0.717) is 11.4 Å². The van der Waals surface area contributed by atoms with Crippen LogP contribution in [0.25, 0.3) is 0 Å². The van der Waals surface area contributed by atoms with Gasteiger partial charge in [-0.2, -0.15) is 0 Å². The molecule has 0 aliphatic rings. The summed E-state index contributed by atoms with van der Waals surface area (Å²) in [6.07, 6.45) is 1.54. The van der Waals surface area contributed by atoms with Crippen LogP contribution in [0.1, 0.15) is 17.3 Å². The van der Waals surface area contributed by atoms with Gasteiger partial charge in [0.1, 0.15) is 5.82 Å². The second-order valence-electron chi connectivity index (χ2n) is 4.63. The lowest BCUT2D eigenvalue weighted by molar-refractivity contribution is 0.0724. The fourth-order valence-electron chi connectivity index (χ4n) is 1.28. The number of rotatable bonds is 5. The van der Waals surface area contributed by atoms with E-state index in [0.717, 1.165) is 0 Å². The van der Waals surface area contributed by atoms with Crippen LogP contribution >= 0.6 is 0 Å². The Kier molecular flexibility index (Phi) is 4.63. The maximum Gasteiger partial charge on any atom is 0.252 e. The number of carbonyl (C=O) groups excluding carboxylic acids is 1. The molecule has 100 valence electrons. The third-order valence-corrected chi connectivity index (χ3v) is 2.58. The van der Waals surface area contributed by atoms with E-state index in [4.69, 9.17) is 10.2 Å². The van der Waals surface area contributed by atoms with Crippen molar-refractivity contribution in [1.82, 2.24) is 10.3 Å². The van der Waals surface area contributed by atoms with Crippen molar-refractivity contribution in [2.45, 2.75) is 12.5 Å². The number of nitrogens with zero attached hydrogens (tertiary/aromatic N) is 2. The van der Waals surface area contributed by atoms with Crippen LogP contribution in [0.3, 0.4) is 0 Å². The summed E-state index contributed by atoms with van der Waals surface area (Å²) >= 11 is 0. The molecule has 3 N–H and O–H groups in total. The molecule has 0 unspecified atom stereocenters. The molecule has 0 aliphatic carbocycles. The Labute approximate surface area is 106 Å². The molecular formula is C12H19N3O3. The average Bonchev–Trinajstić information content (AvgIpc) is 2.38. The lowest BCUT2D eigenvalue weighted by Crippen LogP contribution is -2.51. The topological polar surface area (TPSA) is 85.7 Å². The lowest BCUT2D eigenvalue weighted by Gasteiger charge is -2.26. The van der Waals surface area contributed by atoms with Gasteiger partial charge in [0.05, 0.1) is 18.8 Å². The molecule has 0 aromatic carbocycles. The Morgan fingerprint density at radius 3 is 2.56 bits per heavy atom. The number of pyridine rings is 1. The van der Waals surface area contributed by atoms with Crippen molar-refractivity contribution in [3.63, 3.8) is 0 Å². The quantitative estimate of drug-likeness (QED) is 0.666. The number of carbonyl (C=O) groups is 1. The van der Waals surface area contributed by atoms with Crippen molar-refractivity contribution in [3.05, 3.63) is 23.9 Å². The normalized spacial score (nSPS) is 11.2. The predicted octanol–water partition coefficient (Wildman–Crippen LogP) is -0.379. The molecule has 0 fully saturated rings. The van der Waals surface area contributed by atoms with Crippen molar-refractivity contribution in [2.24, 2.45) is 0 Å². The van der Waals surface area contributed by atoms with Gasteiger partial charge >= 0.3 is 0 Å². The molecule has 0 radical (unpaired) electrons. The van der Waals surface area contributed by atoms with E-state index >= 15 is 0 Å². The first-order valence-electron chi connectivity index (χ1n) is 5.59. The second kappa shape index (κ2) is 5.79. The summed E-state index contributed by atoms with van der Waals surface area (Å²) in [5.74, 6) is 0.309. The van der Waals surface area contributed by atoms with E-state index in [1.807, 2.05) is 14.1 Å². The summed E-state index contributed by atoms with van der Waals surface area (Å²) in [5, 5.41) is 20.8. The number of aromatic nitrogens is 1. The Balaban J connectivity index is 2.88. The molecule has 1 rings (SSSR count). The molecule has 0 aliphatic heterocycles. The van der Waals surface area contributed by atoms with Gasteiger partial charge in [0.25, 0.3) is 5.91 Å². The molecular weight excluding hydrogens is 234 g/mol. The van der Waals surface area contributed by atoms with Gasteiger partial charge in [0.2, 0.25) is 0 Å². The van der Waals surface area contributed by atoms with Gasteiger partial charge in [-0.25, -0.2) is 4.98 Å². The Bertz CT molecular complexity index is 417. The summed E-state index contributed by atoms with van der Waals surface area (Å²) in [5.41, 5.74) is -0.597. The first-order chi connectivity index (χ1) is 8.41. The number of hydrogen-bond acceptors (Lipinski definition) is 5. The van der Waals surface area contributed by atoms with E-state index in [-0.39, 0.29) is 19.1 Å². The van der Waals surface area contributed by atoms with Gasteiger partial charge in [0.15, 0.2) is 0 Å². The molecule has 0 atom stereocenters. The Morgan fingerprint density at radius 2 is 2.06 bits per heavy atom. The number of amides is 1. The first-order valence-corrected chi connectivity index (χ1v) is 5.59. The van der Waals surface area contributed by atoms with E-state index in [2.05, 4.69) is 10.3 Å². The van der Waals surface area contributed by atoms with Gasteiger partial charge in [-0.1, -0.05) is 0 Å². The molecule has 1 heterocycles. The molecule has 1 amide bonds. The van der Waals surface area contributed by atoms with Gasteiger partial charge in [-0.3, -0.25) is 4.79 Å². The molecule has 6 nitrogen and oxygen atoms in total. The minimum Gasteiger partial charge on any atom is -0.394 e. The van der Waals surface area contributed by atoms with E-state index in [1.54, 1.807) is 30.2 Å². The van der Waals surface area contributed by atoms with Crippen LogP contribution < -0.4 is 10.2 Å². The highest BCUT2D eigenvalue weighted by atomic mass is 16.3. The van der Waals surface area contributed by atoms with Crippen molar-refractivity contribution in [1.29, 1.82) is 0 Å². The van der Waals surface area contributed by atoms with Crippen LogP contribution in [0.2, 0.25) is 0 Å². The summed E-state index contributed by atoms with van der Waals surface area (Å²) < 4.78 is 0. The predicted molar refractivity (Wildman–Crippen MR) is 68.6 cm³/mol. The van der Waals surface area contributed by atoms with E-state index < -0.39 is 5.54 Å². The lowest BCUT2D eigenvalue weighted by atomic mass is 10.0. The van der Waals surface area contributed by atoms with Crippen molar-refractivity contribution < 1.29 is 15.0 Å². The van der Waals surface area contributed by atoms with Crippen LogP contribution in [0, 0.1) is 0 Å². The number of anilines is 1. The molecule has 0 bridgehead atoms. The zero-order valence-electron chi connectivity index (χ0n) is 10.8. The number of hydrogen-bond donors (Lipinski definition) is 3. The molecule has 0 spiro atoms. The minimum absolute atomic E-state index is 0.332. The SMILES string of the molecule is CN(C)c1cc(C(=O)NC(C)(CO)CO)ccn1. The van der Waals surface area contributed by atoms with Gasteiger partial charge in [0, 0.05) is 25.9 Å². The van der Waals surface area contributed by atoms with Crippen LogP contribution in [0.15, 0.2) is 18.3 Å². The maximum atomic E-state index is 12.0. The molecule has 18 heavy (non-hydrogen) atoms. The number of aliphatic hydroxyl groups is 2. The fourth-order valence-corrected chi connectivity index (χ4v) is 1.28. The zero-order valence-corrected chi connectivity index (χ0v) is 10.8. The monoisotopic (exact) mass is 253 g/mol. The summed E-state index contributed by atoms with van der Waals surface area (Å²) in [7, 11) is 3.66. The van der Waals surface area contributed by atoms with Crippen molar-refractivity contribution in [3.8, 4) is 0 Å². The molecule has 1 aromatic rings. The zero-order chi connectivity index (χ0) is 13.8. The van der Waals surface area contributed by atoms with Crippen LogP contribution in [0.4, 0.5) is 5.82 Å². The van der Waals surface area contributed by atoms with Crippen LogP contribution in [-0.4, -0.2) is 54.0 Å². The smallest absolute Gasteiger partial charge is 0.252 e. The van der Waals surface area contributed by atoms with Gasteiger partial charge < -0.3 is 20.4 Å². The van der Waals surface area contributed by atoms with E-state index in [9.17, 15) is 4.79 Å².